The summed E-state index contributed by atoms with van der Waals surface area (Å²) in [6, 6.07) is -0.481. The molecule has 0 aromatic heterocycles. The Balaban J connectivity index is 2.26. The number of carbonyl (C=O) groups is 2. The number of Topliss-reactive ketones (excluding diaryl/α,β-unsaturated/α-hetero) is 1. The normalized spacial score (nSPS) is 32.6. The molecule has 0 aromatic carbocycles. The van der Waals surface area contributed by atoms with Gasteiger partial charge in [0.05, 0.1) is 0 Å². The molecule has 0 spiro atoms. The minimum atomic E-state index is -0.481. The van der Waals surface area contributed by atoms with E-state index in [0.29, 0.717) is 13.0 Å². The predicted molar refractivity (Wildman–Crippen MR) is 35.9 cm³/mol. The highest BCUT2D eigenvalue weighted by Crippen LogP contribution is 2.26. The van der Waals surface area contributed by atoms with Crippen molar-refractivity contribution >= 4 is 23.8 Å². The number of rotatable bonds is 0. The van der Waals surface area contributed by atoms with Gasteiger partial charge in [0.15, 0.2) is 11.8 Å². The second kappa shape index (κ2) is 1.96. The van der Waals surface area contributed by atoms with Crippen LogP contribution < -0.4 is 4.72 Å². The second-order valence-electron chi connectivity index (χ2n) is 2.32. The molecular formula is C5H6N2O2S. The second-order valence-corrected chi connectivity index (χ2v) is 3.17. The maximum absolute atomic E-state index is 11.0. The molecule has 0 bridgehead atoms. The lowest BCUT2D eigenvalue weighted by molar-refractivity contribution is -0.128. The number of nitrogens with one attached hydrogen (secondary N) is 1. The monoisotopic (exact) mass is 158 g/mol. The average Bonchev–Trinajstić information content (AvgIpc) is 2.40. The summed E-state index contributed by atoms with van der Waals surface area (Å²) in [6.45, 7) is 0.701. The molecule has 0 saturated carbocycles. The van der Waals surface area contributed by atoms with Crippen LogP contribution in [0.5, 0.6) is 0 Å². The SMILES string of the molecule is O=C1CCN2SNC(=O)C12. The van der Waals surface area contributed by atoms with E-state index < -0.39 is 6.04 Å². The Morgan fingerprint density at radius 2 is 2.40 bits per heavy atom. The van der Waals surface area contributed by atoms with Crippen LogP contribution in [0.2, 0.25) is 0 Å². The number of fused-ring (bicyclic) bond motifs is 1. The molecule has 2 rings (SSSR count). The Morgan fingerprint density at radius 3 is 3.10 bits per heavy atom. The zero-order chi connectivity index (χ0) is 7.14. The highest BCUT2D eigenvalue weighted by molar-refractivity contribution is 7.96. The molecule has 0 radical (unpaired) electrons. The molecular weight excluding hydrogens is 152 g/mol. The Bertz CT molecular complexity index is 186. The zero-order valence-corrected chi connectivity index (χ0v) is 5.98. The number of hydrogen-bond acceptors (Lipinski definition) is 4. The molecule has 1 unspecified atom stereocenters. The maximum atomic E-state index is 11.0. The smallest absolute Gasteiger partial charge is 0.256 e. The molecule has 2 aliphatic rings. The molecule has 2 heterocycles. The van der Waals surface area contributed by atoms with Crippen LogP contribution in [0.25, 0.3) is 0 Å². The maximum Gasteiger partial charge on any atom is 0.256 e. The fourth-order valence-corrected chi connectivity index (χ4v) is 2.00. The molecule has 2 aliphatic heterocycles. The summed E-state index contributed by atoms with van der Waals surface area (Å²) >= 11 is 1.24. The third-order valence-electron chi connectivity index (χ3n) is 1.68. The van der Waals surface area contributed by atoms with Gasteiger partial charge in [-0.2, -0.15) is 0 Å². The minimum absolute atomic E-state index is 0.0440. The quantitative estimate of drug-likeness (QED) is 0.375. The van der Waals surface area contributed by atoms with Crippen LogP contribution >= 0.6 is 12.1 Å². The van der Waals surface area contributed by atoms with Crippen molar-refractivity contribution in [1.82, 2.24) is 9.03 Å². The van der Waals surface area contributed by atoms with Crippen molar-refractivity contribution in [2.75, 3.05) is 6.54 Å². The summed E-state index contributed by atoms with van der Waals surface area (Å²) in [7, 11) is 0. The van der Waals surface area contributed by atoms with Crippen LogP contribution in [0.15, 0.2) is 0 Å². The lowest BCUT2D eigenvalue weighted by atomic mass is 10.2. The summed E-state index contributed by atoms with van der Waals surface area (Å²) in [6.07, 6.45) is 0.519. The van der Waals surface area contributed by atoms with Crippen molar-refractivity contribution in [3.05, 3.63) is 0 Å². The molecule has 2 saturated heterocycles. The van der Waals surface area contributed by atoms with Gasteiger partial charge in [0.25, 0.3) is 5.91 Å². The molecule has 0 aromatic rings. The first kappa shape index (κ1) is 6.18. The summed E-state index contributed by atoms with van der Waals surface area (Å²) in [5, 5.41) is 0. The highest BCUT2D eigenvalue weighted by atomic mass is 32.2. The minimum Gasteiger partial charge on any atom is -0.297 e. The predicted octanol–water partition coefficient (Wildman–Crippen LogP) is -0.677. The van der Waals surface area contributed by atoms with E-state index in [4.69, 9.17) is 0 Å². The van der Waals surface area contributed by atoms with Gasteiger partial charge in [-0.05, 0) is 0 Å². The van der Waals surface area contributed by atoms with Crippen LogP contribution in [-0.4, -0.2) is 28.6 Å². The van der Waals surface area contributed by atoms with Crippen LogP contribution in [0.1, 0.15) is 6.42 Å². The van der Waals surface area contributed by atoms with Crippen LogP contribution in [0.3, 0.4) is 0 Å². The van der Waals surface area contributed by atoms with Gasteiger partial charge >= 0.3 is 0 Å². The number of amides is 1. The zero-order valence-electron chi connectivity index (χ0n) is 5.16. The Labute approximate surface area is 62.2 Å². The molecule has 10 heavy (non-hydrogen) atoms. The topological polar surface area (TPSA) is 49.4 Å². The van der Waals surface area contributed by atoms with Gasteiger partial charge in [-0.25, -0.2) is 4.31 Å². The van der Waals surface area contributed by atoms with Crippen molar-refractivity contribution < 1.29 is 9.59 Å². The molecule has 0 aliphatic carbocycles. The van der Waals surface area contributed by atoms with E-state index in [2.05, 4.69) is 4.72 Å². The van der Waals surface area contributed by atoms with E-state index in [1.54, 1.807) is 4.31 Å². The van der Waals surface area contributed by atoms with Crippen LogP contribution in [0.4, 0.5) is 0 Å². The van der Waals surface area contributed by atoms with Crippen LogP contribution in [0, 0.1) is 0 Å². The van der Waals surface area contributed by atoms with Gasteiger partial charge in [-0.3, -0.25) is 14.3 Å². The Hall–Kier alpha value is -0.550. The number of hydrogen-bond donors (Lipinski definition) is 1. The van der Waals surface area contributed by atoms with Crippen LogP contribution in [-0.2, 0) is 9.59 Å². The third kappa shape index (κ3) is 0.674. The molecule has 4 nitrogen and oxygen atoms in total. The van der Waals surface area contributed by atoms with E-state index in [1.807, 2.05) is 0 Å². The standard InChI is InChI=1S/C5H6N2O2S/c8-3-1-2-7-4(3)5(9)6-10-7/h4H,1-2H2,(H,6,9). The van der Waals surface area contributed by atoms with Gasteiger partial charge < -0.3 is 0 Å². The summed E-state index contributed by atoms with van der Waals surface area (Å²) in [4.78, 5) is 21.8. The fourth-order valence-electron chi connectivity index (χ4n) is 1.18. The van der Waals surface area contributed by atoms with Gasteiger partial charge in [0.2, 0.25) is 0 Å². The number of carbonyl (C=O) groups excluding carboxylic acids is 2. The van der Waals surface area contributed by atoms with Crippen molar-refractivity contribution in [2.45, 2.75) is 12.5 Å². The van der Waals surface area contributed by atoms with E-state index in [1.165, 1.54) is 12.1 Å². The summed E-state index contributed by atoms with van der Waals surface area (Å²) < 4.78 is 4.32. The first-order valence-electron chi connectivity index (χ1n) is 3.05. The highest BCUT2D eigenvalue weighted by Gasteiger charge is 2.43. The summed E-state index contributed by atoms with van der Waals surface area (Å²) in [5.41, 5.74) is 0. The third-order valence-corrected chi connectivity index (χ3v) is 2.60. The van der Waals surface area contributed by atoms with E-state index in [9.17, 15) is 9.59 Å². The summed E-state index contributed by atoms with van der Waals surface area (Å²) in [5.74, 6) is -0.116. The Morgan fingerprint density at radius 1 is 1.60 bits per heavy atom. The van der Waals surface area contributed by atoms with Crippen molar-refractivity contribution in [3.63, 3.8) is 0 Å². The van der Waals surface area contributed by atoms with Crippen molar-refractivity contribution in [1.29, 1.82) is 0 Å². The van der Waals surface area contributed by atoms with E-state index in [0.717, 1.165) is 0 Å². The van der Waals surface area contributed by atoms with Crippen molar-refractivity contribution in [3.8, 4) is 0 Å². The van der Waals surface area contributed by atoms with Gasteiger partial charge in [0.1, 0.15) is 0 Å². The molecule has 1 amide bonds. The van der Waals surface area contributed by atoms with E-state index >= 15 is 0 Å². The van der Waals surface area contributed by atoms with Gasteiger partial charge in [-0.15, -0.1) is 0 Å². The molecule has 54 valence electrons. The first-order chi connectivity index (χ1) is 4.79. The Kier molecular flexibility index (Phi) is 1.21. The van der Waals surface area contributed by atoms with E-state index in [-0.39, 0.29) is 11.7 Å². The molecule has 2 fully saturated rings. The van der Waals surface area contributed by atoms with Gasteiger partial charge in [0, 0.05) is 25.1 Å². The lowest BCUT2D eigenvalue weighted by Gasteiger charge is -2.04. The molecule has 1 atom stereocenters. The fraction of sp³-hybridized carbons (Fsp3) is 0.600. The van der Waals surface area contributed by atoms with Crippen molar-refractivity contribution in [2.24, 2.45) is 0 Å². The average molecular weight is 158 g/mol. The largest absolute Gasteiger partial charge is 0.297 e. The number of ketones is 1. The lowest BCUT2D eigenvalue weighted by Crippen LogP contribution is -2.31. The molecule has 5 heteroatoms. The van der Waals surface area contributed by atoms with Gasteiger partial charge in [-0.1, -0.05) is 0 Å². The number of nitrogens with zero attached hydrogens (tertiary/aromatic N) is 1. The molecule has 1 N–H and O–H groups in total. The first-order valence-corrected chi connectivity index (χ1v) is 3.82.